The summed E-state index contributed by atoms with van der Waals surface area (Å²) < 4.78 is 10.8. The lowest BCUT2D eigenvalue weighted by Crippen LogP contribution is -2.29. The smallest absolute Gasteiger partial charge is 0.231 e. The van der Waals surface area contributed by atoms with Crippen molar-refractivity contribution in [3.63, 3.8) is 0 Å². The molecule has 2 N–H and O–H groups in total. The highest BCUT2D eigenvalue weighted by Crippen LogP contribution is 2.34. The highest BCUT2D eigenvalue weighted by atomic mass is 16.7. The molecule has 0 bridgehead atoms. The molecule has 2 aromatic carbocycles. The first-order valence-electron chi connectivity index (χ1n) is 8.05. The molecular formula is C19H23NO3. The molecule has 0 spiro atoms. The number of aromatic hydroxyl groups is 1. The SMILES string of the molecule is CC(CCc1ccc(O)cc1)NC(C)c1ccc2c(c1)OCO2. The van der Waals surface area contributed by atoms with Gasteiger partial charge < -0.3 is 19.9 Å². The minimum atomic E-state index is 0.249. The standard InChI is InChI=1S/C19H23NO3/c1-13(3-4-15-5-8-17(21)9-6-15)20-14(2)16-7-10-18-19(11-16)23-12-22-18/h5-11,13-14,20-21H,3-4,12H2,1-2H3. The van der Waals surface area contributed by atoms with Gasteiger partial charge in [-0.25, -0.2) is 0 Å². The summed E-state index contributed by atoms with van der Waals surface area (Å²) in [4.78, 5) is 0. The third-order valence-electron chi connectivity index (χ3n) is 4.23. The maximum Gasteiger partial charge on any atom is 0.231 e. The molecule has 2 atom stereocenters. The van der Waals surface area contributed by atoms with Crippen molar-refractivity contribution in [2.75, 3.05) is 6.79 Å². The maximum atomic E-state index is 9.31. The Morgan fingerprint density at radius 2 is 1.78 bits per heavy atom. The molecule has 122 valence electrons. The number of rotatable bonds is 6. The Morgan fingerprint density at radius 1 is 1.04 bits per heavy atom. The van der Waals surface area contributed by atoms with Gasteiger partial charge in [0.2, 0.25) is 6.79 Å². The molecule has 0 saturated carbocycles. The van der Waals surface area contributed by atoms with Gasteiger partial charge in [0.25, 0.3) is 0 Å². The van der Waals surface area contributed by atoms with E-state index in [0.717, 1.165) is 24.3 Å². The van der Waals surface area contributed by atoms with E-state index in [0.29, 0.717) is 18.6 Å². The molecule has 2 aromatic rings. The van der Waals surface area contributed by atoms with Gasteiger partial charge >= 0.3 is 0 Å². The van der Waals surface area contributed by atoms with E-state index in [-0.39, 0.29) is 6.04 Å². The van der Waals surface area contributed by atoms with E-state index in [1.807, 2.05) is 24.3 Å². The van der Waals surface area contributed by atoms with E-state index in [1.165, 1.54) is 11.1 Å². The van der Waals surface area contributed by atoms with Gasteiger partial charge in [0.05, 0.1) is 0 Å². The lowest BCUT2D eigenvalue weighted by Gasteiger charge is -2.20. The normalized spacial score (nSPS) is 15.4. The highest BCUT2D eigenvalue weighted by Gasteiger charge is 2.16. The van der Waals surface area contributed by atoms with Crippen molar-refractivity contribution in [1.29, 1.82) is 0 Å². The molecular weight excluding hydrogens is 290 g/mol. The number of phenols is 1. The Hall–Kier alpha value is -2.20. The number of phenolic OH excluding ortho intramolecular Hbond substituents is 1. The van der Waals surface area contributed by atoms with Crippen LogP contribution in [-0.4, -0.2) is 17.9 Å². The molecule has 4 heteroatoms. The number of hydrogen-bond donors (Lipinski definition) is 2. The Bertz CT molecular complexity index is 654. The quantitative estimate of drug-likeness (QED) is 0.852. The third kappa shape index (κ3) is 3.96. The molecule has 0 radical (unpaired) electrons. The molecule has 2 unspecified atom stereocenters. The Kier molecular flexibility index (Phi) is 4.72. The summed E-state index contributed by atoms with van der Waals surface area (Å²) in [5.74, 6) is 1.96. The largest absolute Gasteiger partial charge is 0.508 e. The van der Waals surface area contributed by atoms with Crippen LogP contribution in [0.3, 0.4) is 0 Å². The first-order chi connectivity index (χ1) is 11.1. The summed E-state index contributed by atoms with van der Waals surface area (Å²) in [6.45, 7) is 4.67. The van der Waals surface area contributed by atoms with Crippen LogP contribution in [0.2, 0.25) is 0 Å². The number of benzene rings is 2. The number of ether oxygens (including phenoxy) is 2. The van der Waals surface area contributed by atoms with Gasteiger partial charge in [-0.05, 0) is 62.1 Å². The predicted octanol–water partition coefficient (Wildman–Crippen LogP) is 3.79. The van der Waals surface area contributed by atoms with E-state index < -0.39 is 0 Å². The molecule has 0 amide bonds. The first-order valence-corrected chi connectivity index (χ1v) is 8.05. The molecule has 3 rings (SSSR count). The minimum absolute atomic E-state index is 0.249. The van der Waals surface area contributed by atoms with Crippen LogP contribution in [0.15, 0.2) is 42.5 Å². The van der Waals surface area contributed by atoms with Crippen molar-refractivity contribution >= 4 is 0 Å². The van der Waals surface area contributed by atoms with Gasteiger partial charge in [-0.15, -0.1) is 0 Å². The zero-order chi connectivity index (χ0) is 16.2. The molecule has 1 aliphatic rings. The van der Waals surface area contributed by atoms with E-state index in [9.17, 15) is 5.11 Å². The number of nitrogens with one attached hydrogen (secondary N) is 1. The van der Waals surface area contributed by atoms with Crippen LogP contribution in [0.25, 0.3) is 0 Å². The average Bonchev–Trinajstić information content (AvgIpc) is 3.02. The van der Waals surface area contributed by atoms with Gasteiger partial charge in [-0.2, -0.15) is 0 Å². The number of fused-ring (bicyclic) bond motifs is 1. The van der Waals surface area contributed by atoms with Crippen molar-refractivity contribution in [3.05, 3.63) is 53.6 Å². The van der Waals surface area contributed by atoms with Crippen molar-refractivity contribution < 1.29 is 14.6 Å². The minimum Gasteiger partial charge on any atom is -0.508 e. The van der Waals surface area contributed by atoms with Crippen LogP contribution in [0.5, 0.6) is 17.2 Å². The zero-order valence-electron chi connectivity index (χ0n) is 13.6. The summed E-state index contributed by atoms with van der Waals surface area (Å²) in [5.41, 5.74) is 2.44. The van der Waals surface area contributed by atoms with Gasteiger partial charge in [-0.3, -0.25) is 0 Å². The molecule has 1 aliphatic heterocycles. The zero-order valence-corrected chi connectivity index (χ0v) is 13.6. The van der Waals surface area contributed by atoms with Crippen LogP contribution < -0.4 is 14.8 Å². The van der Waals surface area contributed by atoms with E-state index in [2.05, 4.69) is 25.2 Å². The predicted molar refractivity (Wildman–Crippen MR) is 90.0 cm³/mol. The average molecular weight is 313 g/mol. The molecule has 0 aliphatic carbocycles. The Balaban J connectivity index is 1.52. The Morgan fingerprint density at radius 3 is 2.57 bits per heavy atom. The second-order valence-corrected chi connectivity index (χ2v) is 6.11. The topological polar surface area (TPSA) is 50.7 Å². The number of aryl methyl sites for hydroxylation is 1. The van der Waals surface area contributed by atoms with Crippen LogP contribution in [0, 0.1) is 0 Å². The Labute approximate surface area is 137 Å². The first kappa shape index (κ1) is 15.7. The molecule has 23 heavy (non-hydrogen) atoms. The second-order valence-electron chi connectivity index (χ2n) is 6.11. The third-order valence-corrected chi connectivity index (χ3v) is 4.23. The molecule has 1 heterocycles. The van der Waals surface area contributed by atoms with E-state index in [1.54, 1.807) is 12.1 Å². The van der Waals surface area contributed by atoms with E-state index in [4.69, 9.17) is 9.47 Å². The van der Waals surface area contributed by atoms with Gasteiger partial charge in [0.1, 0.15) is 5.75 Å². The van der Waals surface area contributed by atoms with Gasteiger partial charge in [-0.1, -0.05) is 18.2 Å². The monoisotopic (exact) mass is 313 g/mol. The summed E-state index contributed by atoms with van der Waals surface area (Å²) in [5, 5.41) is 12.9. The highest BCUT2D eigenvalue weighted by molar-refractivity contribution is 5.45. The summed E-state index contributed by atoms with van der Waals surface area (Å²) >= 11 is 0. The van der Waals surface area contributed by atoms with Crippen LogP contribution in [0.1, 0.15) is 37.4 Å². The summed E-state index contributed by atoms with van der Waals surface area (Å²) in [6, 6.07) is 14.2. The lowest BCUT2D eigenvalue weighted by molar-refractivity contribution is 0.174. The van der Waals surface area contributed by atoms with Gasteiger partial charge in [0.15, 0.2) is 11.5 Å². The van der Waals surface area contributed by atoms with Crippen LogP contribution in [0.4, 0.5) is 0 Å². The van der Waals surface area contributed by atoms with Crippen molar-refractivity contribution in [3.8, 4) is 17.2 Å². The fourth-order valence-electron chi connectivity index (χ4n) is 2.83. The molecule has 0 saturated heterocycles. The van der Waals surface area contributed by atoms with Gasteiger partial charge in [0, 0.05) is 12.1 Å². The van der Waals surface area contributed by atoms with Crippen molar-refractivity contribution in [2.24, 2.45) is 0 Å². The van der Waals surface area contributed by atoms with Crippen molar-refractivity contribution in [1.82, 2.24) is 5.32 Å². The summed E-state index contributed by atoms with van der Waals surface area (Å²) in [7, 11) is 0. The fraction of sp³-hybridized carbons (Fsp3) is 0.368. The van der Waals surface area contributed by atoms with Crippen LogP contribution in [-0.2, 0) is 6.42 Å². The van der Waals surface area contributed by atoms with Crippen LogP contribution >= 0.6 is 0 Å². The second kappa shape index (κ2) is 6.92. The molecule has 0 aromatic heterocycles. The lowest BCUT2D eigenvalue weighted by atomic mass is 10.0. The van der Waals surface area contributed by atoms with Crippen molar-refractivity contribution in [2.45, 2.75) is 38.8 Å². The molecule has 0 fully saturated rings. The maximum absolute atomic E-state index is 9.31. The fourth-order valence-corrected chi connectivity index (χ4v) is 2.83. The molecule has 4 nitrogen and oxygen atoms in total. The number of hydrogen-bond acceptors (Lipinski definition) is 4. The summed E-state index contributed by atoms with van der Waals surface area (Å²) in [6.07, 6.45) is 2.03. The van der Waals surface area contributed by atoms with E-state index >= 15 is 0 Å².